The monoisotopic (exact) mass is 450 g/mol. The van der Waals surface area contributed by atoms with Gasteiger partial charge in [-0.05, 0) is 99.2 Å². The Labute approximate surface area is 178 Å². The number of rotatable bonds is 6. The van der Waals surface area contributed by atoms with Crippen molar-refractivity contribution in [3.8, 4) is 0 Å². The van der Waals surface area contributed by atoms with Crippen LogP contribution in [-0.2, 0) is 6.18 Å². The molecule has 3 rings (SSSR count). The van der Waals surface area contributed by atoms with Gasteiger partial charge in [-0.3, -0.25) is 0 Å². The second-order valence-electron chi connectivity index (χ2n) is 9.04. The Morgan fingerprint density at radius 2 is 1.35 bits per heavy atom. The van der Waals surface area contributed by atoms with Gasteiger partial charge >= 0.3 is 6.18 Å². The molecule has 0 amide bonds. The van der Waals surface area contributed by atoms with E-state index in [1.807, 2.05) is 6.08 Å². The molecule has 31 heavy (non-hydrogen) atoms. The molecular weight excluding hydrogens is 421 g/mol. The van der Waals surface area contributed by atoms with Gasteiger partial charge in [0.1, 0.15) is 17.2 Å². The van der Waals surface area contributed by atoms with Crippen molar-refractivity contribution in [2.75, 3.05) is 0 Å². The van der Waals surface area contributed by atoms with E-state index in [-0.39, 0.29) is 12.3 Å². The summed E-state index contributed by atoms with van der Waals surface area (Å²) in [5.74, 6) is -1.62. The zero-order chi connectivity index (χ0) is 22.6. The zero-order valence-corrected chi connectivity index (χ0v) is 17.4. The lowest BCUT2D eigenvalue weighted by Gasteiger charge is -2.37. The Morgan fingerprint density at radius 1 is 0.839 bits per heavy atom. The summed E-state index contributed by atoms with van der Waals surface area (Å²) >= 11 is 0. The maximum Gasteiger partial charge on any atom is 0.422 e. The van der Waals surface area contributed by atoms with E-state index in [0.29, 0.717) is 29.7 Å². The van der Waals surface area contributed by atoms with Crippen LogP contribution in [0.5, 0.6) is 0 Å². The molecule has 0 spiro atoms. The van der Waals surface area contributed by atoms with E-state index < -0.39 is 29.8 Å². The summed E-state index contributed by atoms with van der Waals surface area (Å²) in [6.45, 7) is 0. The molecule has 0 aliphatic heterocycles. The molecule has 0 unspecified atom stereocenters. The molecule has 2 saturated carbocycles. The van der Waals surface area contributed by atoms with Gasteiger partial charge in [0.2, 0.25) is 6.43 Å². The van der Waals surface area contributed by atoms with E-state index in [1.54, 1.807) is 0 Å². The van der Waals surface area contributed by atoms with Crippen LogP contribution in [0.2, 0.25) is 0 Å². The van der Waals surface area contributed by atoms with Gasteiger partial charge < -0.3 is 0 Å². The van der Waals surface area contributed by atoms with Crippen molar-refractivity contribution in [3.63, 3.8) is 0 Å². The second-order valence-corrected chi connectivity index (χ2v) is 9.04. The topological polar surface area (TPSA) is 0 Å². The fourth-order valence-corrected chi connectivity index (χ4v) is 5.34. The van der Waals surface area contributed by atoms with Crippen LogP contribution < -0.4 is 0 Å². The van der Waals surface area contributed by atoms with Gasteiger partial charge in [-0.15, -0.1) is 0 Å². The molecule has 2 aliphatic rings. The fraction of sp³-hybridized carbons (Fsp3) is 0.667. The van der Waals surface area contributed by atoms with Crippen LogP contribution in [0.15, 0.2) is 24.3 Å². The third kappa shape index (κ3) is 6.48. The molecule has 2 aliphatic carbocycles. The van der Waals surface area contributed by atoms with Crippen molar-refractivity contribution in [2.45, 2.75) is 82.7 Å². The van der Waals surface area contributed by atoms with Crippen molar-refractivity contribution in [1.29, 1.82) is 0 Å². The average Bonchev–Trinajstić information content (AvgIpc) is 2.70. The lowest BCUT2D eigenvalue weighted by atomic mass is 9.68. The SMILES string of the molecule is Fc1cc([C@H]2CC[C@H]([C@H]3CC[C@H](C=CCCC(F)F)CC3)CC2)cc(F)c1C(F)(F)F. The third-order valence-electron chi connectivity index (χ3n) is 7.03. The first-order valence-corrected chi connectivity index (χ1v) is 11.2. The molecule has 1 aromatic carbocycles. The Bertz CT molecular complexity index is 714. The molecule has 0 aromatic heterocycles. The van der Waals surface area contributed by atoms with Gasteiger partial charge in [-0.1, -0.05) is 12.2 Å². The number of hydrogen-bond acceptors (Lipinski definition) is 0. The number of alkyl halides is 5. The molecule has 0 radical (unpaired) electrons. The number of benzene rings is 1. The van der Waals surface area contributed by atoms with E-state index in [4.69, 9.17) is 0 Å². The van der Waals surface area contributed by atoms with Crippen LogP contribution >= 0.6 is 0 Å². The molecule has 0 heterocycles. The molecule has 0 bridgehead atoms. The first-order valence-electron chi connectivity index (χ1n) is 11.2. The van der Waals surface area contributed by atoms with Gasteiger partial charge in [0.15, 0.2) is 0 Å². The second kappa shape index (κ2) is 10.4. The van der Waals surface area contributed by atoms with E-state index in [2.05, 4.69) is 6.08 Å². The molecule has 0 atom stereocenters. The van der Waals surface area contributed by atoms with Gasteiger partial charge in [-0.25, -0.2) is 17.6 Å². The molecule has 0 nitrogen and oxygen atoms in total. The summed E-state index contributed by atoms with van der Waals surface area (Å²) in [6, 6.07) is 1.70. The van der Waals surface area contributed by atoms with Crippen LogP contribution in [0.3, 0.4) is 0 Å². The van der Waals surface area contributed by atoms with Crippen LogP contribution in [0.1, 0.15) is 81.3 Å². The quantitative estimate of drug-likeness (QED) is 0.300. The van der Waals surface area contributed by atoms with Gasteiger partial charge in [0.25, 0.3) is 0 Å². The maximum atomic E-state index is 13.9. The standard InChI is InChI=1S/C24H29F7/c25-20-13-19(14-21(26)23(20)24(29,30)31)18-11-9-17(10-12-18)16-7-5-15(6-8-16)3-1-2-4-22(27)28/h1,3,13-18,22H,2,4-12H2/t15-,16-,17-,18-. The minimum absolute atomic E-state index is 0.0954. The van der Waals surface area contributed by atoms with Crippen molar-refractivity contribution in [1.82, 2.24) is 0 Å². The molecular formula is C24H29F7. The minimum Gasteiger partial charge on any atom is -0.211 e. The predicted octanol–water partition coefficient (Wildman–Crippen LogP) is 8.67. The predicted molar refractivity (Wildman–Crippen MR) is 106 cm³/mol. The van der Waals surface area contributed by atoms with Crippen molar-refractivity contribution in [3.05, 3.63) is 47.0 Å². The molecule has 0 saturated heterocycles. The number of hydrogen-bond donors (Lipinski definition) is 0. The summed E-state index contributed by atoms with van der Waals surface area (Å²) in [5, 5.41) is 0. The molecule has 2 fully saturated rings. The normalized spacial score (nSPS) is 27.9. The van der Waals surface area contributed by atoms with E-state index in [9.17, 15) is 30.7 Å². The van der Waals surface area contributed by atoms with Crippen LogP contribution in [0.25, 0.3) is 0 Å². The van der Waals surface area contributed by atoms with E-state index >= 15 is 0 Å². The fourth-order valence-electron chi connectivity index (χ4n) is 5.34. The minimum atomic E-state index is -5.04. The van der Waals surface area contributed by atoms with Gasteiger partial charge in [-0.2, -0.15) is 13.2 Å². The van der Waals surface area contributed by atoms with Gasteiger partial charge in [0.05, 0.1) is 0 Å². The zero-order valence-electron chi connectivity index (χ0n) is 17.4. The highest BCUT2D eigenvalue weighted by Crippen LogP contribution is 2.45. The summed E-state index contributed by atoms with van der Waals surface area (Å²) in [6.07, 6.45) is 4.49. The van der Waals surface area contributed by atoms with Crippen molar-refractivity contribution >= 4 is 0 Å². The molecule has 1 aromatic rings. The Kier molecular flexibility index (Phi) is 8.08. The van der Waals surface area contributed by atoms with Crippen LogP contribution in [0.4, 0.5) is 30.7 Å². The molecule has 7 heteroatoms. The molecule has 0 N–H and O–H groups in total. The van der Waals surface area contributed by atoms with Gasteiger partial charge in [0, 0.05) is 6.42 Å². The van der Waals surface area contributed by atoms with Crippen molar-refractivity contribution < 1.29 is 30.7 Å². The third-order valence-corrected chi connectivity index (χ3v) is 7.03. The number of allylic oxidation sites excluding steroid dienone is 2. The first kappa shape index (κ1) is 24.1. The van der Waals surface area contributed by atoms with Crippen LogP contribution in [-0.4, -0.2) is 6.43 Å². The van der Waals surface area contributed by atoms with E-state index in [0.717, 1.165) is 63.5 Å². The Balaban J connectivity index is 1.48. The summed E-state index contributed by atoms with van der Waals surface area (Å²) in [5.41, 5.74) is -1.50. The highest BCUT2D eigenvalue weighted by molar-refractivity contribution is 5.30. The summed E-state index contributed by atoms with van der Waals surface area (Å²) in [4.78, 5) is 0. The summed E-state index contributed by atoms with van der Waals surface area (Å²) < 4.78 is 90.5. The maximum absolute atomic E-state index is 13.9. The number of halogens is 7. The van der Waals surface area contributed by atoms with E-state index in [1.165, 1.54) is 0 Å². The van der Waals surface area contributed by atoms with Crippen molar-refractivity contribution in [2.24, 2.45) is 17.8 Å². The largest absolute Gasteiger partial charge is 0.422 e. The highest BCUT2D eigenvalue weighted by Gasteiger charge is 2.39. The average molecular weight is 450 g/mol. The summed E-state index contributed by atoms with van der Waals surface area (Å²) in [7, 11) is 0. The van der Waals surface area contributed by atoms with Crippen LogP contribution in [0, 0.1) is 29.4 Å². The highest BCUT2D eigenvalue weighted by atomic mass is 19.4. The lowest BCUT2D eigenvalue weighted by Crippen LogP contribution is -2.25. The molecule has 174 valence electrons. The first-order chi connectivity index (χ1) is 14.6. The Morgan fingerprint density at radius 3 is 1.84 bits per heavy atom. The lowest BCUT2D eigenvalue weighted by molar-refractivity contribution is -0.142. The smallest absolute Gasteiger partial charge is 0.211 e. The Hall–Kier alpha value is -1.53.